The first-order valence-electron chi connectivity index (χ1n) is 6.57. The molecule has 4 heteroatoms. The third-order valence-electron chi connectivity index (χ3n) is 3.29. The number of hydrogen-bond donors (Lipinski definition) is 0. The highest BCUT2D eigenvalue weighted by atomic mass is 15.4. The van der Waals surface area contributed by atoms with Crippen LogP contribution in [0.3, 0.4) is 0 Å². The summed E-state index contributed by atoms with van der Waals surface area (Å²) in [5, 5.41) is 8.46. The van der Waals surface area contributed by atoms with E-state index in [4.69, 9.17) is 0 Å². The second-order valence-electron chi connectivity index (χ2n) is 5.01. The molecule has 0 atom stereocenters. The van der Waals surface area contributed by atoms with Crippen LogP contribution in [0.1, 0.15) is 16.7 Å². The summed E-state index contributed by atoms with van der Waals surface area (Å²) in [7, 11) is 0. The molecule has 20 heavy (non-hydrogen) atoms. The Labute approximate surface area is 118 Å². The van der Waals surface area contributed by atoms with E-state index in [1.54, 1.807) is 6.20 Å². The maximum atomic E-state index is 4.30. The molecular formula is C16H16N4. The Morgan fingerprint density at radius 2 is 1.70 bits per heavy atom. The Kier molecular flexibility index (Phi) is 3.06. The van der Waals surface area contributed by atoms with Crippen molar-refractivity contribution >= 4 is 0 Å². The van der Waals surface area contributed by atoms with Gasteiger partial charge in [-0.05, 0) is 44.0 Å². The molecule has 0 amide bonds. The van der Waals surface area contributed by atoms with Gasteiger partial charge in [0, 0.05) is 6.20 Å². The van der Waals surface area contributed by atoms with Gasteiger partial charge in [0.05, 0.1) is 17.6 Å². The maximum absolute atomic E-state index is 4.30. The lowest BCUT2D eigenvalue weighted by Gasteiger charge is -2.10. The number of nitrogens with zero attached hydrogens (tertiary/aromatic N) is 4. The lowest BCUT2D eigenvalue weighted by atomic mass is 10.1. The highest BCUT2D eigenvalue weighted by Crippen LogP contribution is 2.22. The fourth-order valence-corrected chi connectivity index (χ4v) is 2.54. The first-order valence-corrected chi connectivity index (χ1v) is 6.57. The Hall–Kier alpha value is -2.49. The van der Waals surface area contributed by atoms with E-state index in [-0.39, 0.29) is 0 Å². The van der Waals surface area contributed by atoms with Crippen LogP contribution >= 0.6 is 0 Å². The summed E-state index contributed by atoms with van der Waals surface area (Å²) in [5.74, 6) is 0. The molecule has 100 valence electrons. The van der Waals surface area contributed by atoms with Crippen molar-refractivity contribution in [1.29, 1.82) is 0 Å². The molecule has 3 aromatic rings. The quantitative estimate of drug-likeness (QED) is 0.713. The number of rotatable bonds is 2. The van der Waals surface area contributed by atoms with E-state index in [0.717, 1.165) is 17.1 Å². The molecule has 0 aliphatic rings. The van der Waals surface area contributed by atoms with E-state index in [1.165, 1.54) is 16.7 Å². The lowest BCUT2D eigenvalue weighted by Crippen LogP contribution is -2.01. The zero-order valence-corrected chi connectivity index (χ0v) is 11.8. The number of hydrogen-bond acceptors (Lipinski definition) is 3. The van der Waals surface area contributed by atoms with E-state index in [2.05, 4.69) is 48.2 Å². The van der Waals surface area contributed by atoms with Crippen molar-refractivity contribution in [2.75, 3.05) is 0 Å². The van der Waals surface area contributed by atoms with Gasteiger partial charge in [0.1, 0.15) is 5.69 Å². The van der Waals surface area contributed by atoms with Gasteiger partial charge in [0.25, 0.3) is 0 Å². The summed E-state index contributed by atoms with van der Waals surface area (Å²) in [4.78, 5) is 4.30. The fraction of sp³-hybridized carbons (Fsp3) is 0.188. The van der Waals surface area contributed by atoms with Gasteiger partial charge in [0.15, 0.2) is 0 Å². The Balaban J connectivity index is 2.07. The van der Waals surface area contributed by atoms with Gasteiger partial charge in [0.2, 0.25) is 0 Å². The third kappa shape index (κ3) is 2.20. The van der Waals surface area contributed by atoms with Crippen molar-refractivity contribution < 1.29 is 0 Å². The Morgan fingerprint density at radius 1 is 0.950 bits per heavy atom. The van der Waals surface area contributed by atoms with Crippen LogP contribution in [0, 0.1) is 20.8 Å². The van der Waals surface area contributed by atoms with Gasteiger partial charge in [-0.25, -0.2) is 4.68 Å². The summed E-state index contributed by atoms with van der Waals surface area (Å²) >= 11 is 0. The molecule has 0 unspecified atom stereocenters. The smallest absolute Gasteiger partial charge is 0.131 e. The van der Waals surface area contributed by atoms with E-state index >= 15 is 0 Å². The van der Waals surface area contributed by atoms with E-state index in [9.17, 15) is 0 Å². The van der Waals surface area contributed by atoms with Gasteiger partial charge >= 0.3 is 0 Å². The van der Waals surface area contributed by atoms with Crippen LogP contribution in [0.2, 0.25) is 0 Å². The molecule has 2 aromatic heterocycles. The summed E-state index contributed by atoms with van der Waals surface area (Å²) in [6, 6.07) is 10.1. The molecule has 0 saturated carbocycles. The average molecular weight is 264 g/mol. The summed E-state index contributed by atoms with van der Waals surface area (Å²) in [5.41, 5.74) is 6.35. The van der Waals surface area contributed by atoms with Crippen molar-refractivity contribution in [2.24, 2.45) is 0 Å². The van der Waals surface area contributed by atoms with Crippen molar-refractivity contribution in [1.82, 2.24) is 20.0 Å². The molecule has 4 nitrogen and oxygen atoms in total. The van der Waals surface area contributed by atoms with Gasteiger partial charge < -0.3 is 0 Å². The minimum atomic E-state index is 0.782. The molecule has 3 rings (SSSR count). The molecule has 2 heterocycles. The van der Waals surface area contributed by atoms with Gasteiger partial charge in [-0.2, -0.15) is 0 Å². The molecule has 0 saturated heterocycles. The average Bonchev–Trinajstić information content (AvgIpc) is 2.88. The standard InChI is InChI=1S/C16H16N4/c1-11-8-12(2)16(13(3)9-11)20-10-15(18-19-20)14-6-4-5-7-17-14/h4-10H,1-3H3. The Bertz CT molecular complexity index is 721. The number of aromatic nitrogens is 4. The zero-order valence-electron chi connectivity index (χ0n) is 11.8. The summed E-state index contributed by atoms with van der Waals surface area (Å²) in [6.07, 6.45) is 3.68. The second-order valence-corrected chi connectivity index (χ2v) is 5.01. The van der Waals surface area contributed by atoms with Crippen LogP contribution in [0.15, 0.2) is 42.7 Å². The van der Waals surface area contributed by atoms with Gasteiger partial charge in [-0.1, -0.05) is 29.0 Å². The van der Waals surface area contributed by atoms with Crippen molar-refractivity contribution in [3.63, 3.8) is 0 Å². The first-order chi connectivity index (χ1) is 9.65. The van der Waals surface area contributed by atoms with Crippen LogP contribution in [-0.2, 0) is 0 Å². The topological polar surface area (TPSA) is 43.6 Å². The molecular weight excluding hydrogens is 248 g/mol. The van der Waals surface area contributed by atoms with E-state index in [1.807, 2.05) is 29.1 Å². The highest BCUT2D eigenvalue weighted by Gasteiger charge is 2.10. The Morgan fingerprint density at radius 3 is 2.35 bits per heavy atom. The van der Waals surface area contributed by atoms with Crippen molar-refractivity contribution in [3.8, 4) is 17.1 Å². The summed E-state index contributed by atoms with van der Waals surface area (Å²) in [6.45, 7) is 6.29. The van der Waals surface area contributed by atoms with Crippen LogP contribution in [0.5, 0.6) is 0 Å². The van der Waals surface area contributed by atoms with Crippen LogP contribution < -0.4 is 0 Å². The van der Waals surface area contributed by atoms with Crippen molar-refractivity contribution in [3.05, 3.63) is 59.4 Å². The first kappa shape index (κ1) is 12.5. The normalized spacial score (nSPS) is 10.8. The zero-order chi connectivity index (χ0) is 14.1. The SMILES string of the molecule is Cc1cc(C)c(-n2cc(-c3ccccn3)nn2)c(C)c1. The molecule has 0 fully saturated rings. The van der Waals surface area contributed by atoms with Crippen LogP contribution in [-0.4, -0.2) is 20.0 Å². The van der Waals surface area contributed by atoms with Gasteiger partial charge in [-0.3, -0.25) is 4.98 Å². The minimum Gasteiger partial charge on any atom is -0.254 e. The van der Waals surface area contributed by atoms with Crippen molar-refractivity contribution in [2.45, 2.75) is 20.8 Å². The monoisotopic (exact) mass is 264 g/mol. The largest absolute Gasteiger partial charge is 0.254 e. The molecule has 0 bridgehead atoms. The molecule has 0 N–H and O–H groups in total. The number of benzene rings is 1. The number of pyridine rings is 1. The van der Waals surface area contributed by atoms with E-state index < -0.39 is 0 Å². The molecule has 1 aromatic carbocycles. The molecule has 0 aliphatic carbocycles. The third-order valence-corrected chi connectivity index (χ3v) is 3.29. The molecule has 0 aliphatic heterocycles. The summed E-state index contributed by atoms with van der Waals surface area (Å²) < 4.78 is 1.83. The fourth-order valence-electron chi connectivity index (χ4n) is 2.54. The van der Waals surface area contributed by atoms with Crippen LogP contribution in [0.25, 0.3) is 17.1 Å². The minimum absolute atomic E-state index is 0.782. The maximum Gasteiger partial charge on any atom is 0.131 e. The molecule has 0 spiro atoms. The second kappa shape index (κ2) is 4.89. The van der Waals surface area contributed by atoms with Gasteiger partial charge in [-0.15, -0.1) is 5.10 Å². The predicted molar refractivity (Wildman–Crippen MR) is 78.8 cm³/mol. The highest BCUT2D eigenvalue weighted by molar-refractivity contribution is 5.54. The number of aryl methyl sites for hydroxylation is 3. The van der Waals surface area contributed by atoms with Crippen LogP contribution in [0.4, 0.5) is 0 Å². The van der Waals surface area contributed by atoms with E-state index in [0.29, 0.717) is 0 Å². The lowest BCUT2D eigenvalue weighted by molar-refractivity contribution is 0.793. The predicted octanol–water partition coefficient (Wildman–Crippen LogP) is 3.25. The molecule has 0 radical (unpaired) electrons.